The molecule has 2 rings (SSSR count). The first-order chi connectivity index (χ1) is 8.31. The molecule has 1 aliphatic heterocycles. The van der Waals surface area contributed by atoms with Crippen LogP contribution in [-0.4, -0.2) is 23.0 Å². The Morgan fingerprint density at radius 1 is 1.56 bits per heavy atom. The summed E-state index contributed by atoms with van der Waals surface area (Å²) in [6.07, 6.45) is 1.05. The monoisotopic (exact) mass is 267 g/mol. The minimum Gasteiger partial charge on any atom is -0.365 e. The fraction of sp³-hybridized carbons (Fsp3) is 0.538. The zero-order chi connectivity index (χ0) is 13.5. The summed E-state index contributed by atoms with van der Waals surface area (Å²) in [6, 6.07) is 3.24. The number of hydrogen-bond donors (Lipinski definition) is 1. The Bertz CT molecular complexity index is 487. The number of rotatable bonds is 2. The average Bonchev–Trinajstić information content (AvgIpc) is 2.51. The normalized spacial score (nSPS) is 22.2. The molecule has 1 fully saturated rings. The van der Waals surface area contributed by atoms with Gasteiger partial charge in [0.25, 0.3) is 5.91 Å². The number of anilines is 1. The second-order valence-electron chi connectivity index (χ2n) is 5.60. The van der Waals surface area contributed by atoms with Crippen LogP contribution in [0.4, 0.5) is 5.82 Å². The van der Waals surface area contributed by atoms with Gasteiger partial charge >= 0.3 is 0 Å². The highest BCUT2D eigenvalue weighted by Gasteiger charge is 2.38. The first kappa shape index (κ1) is 13.1. The fourth-order valence-corrected chi connectivity index (χ4v) is 2.93. The molecule has 1 unspecified atom stereocenters. The molecule has 1 saturated heterocycles. The van der Waals surface area contributed by atoms with Crippen molar-refractivity contribution in [1.29, 1.82) is 0 Å². The number of amides is 1. The number of aromatic nitrogens is 1. The third-order valence-corrected chi connectivity index (χ3v) is 3.65. The zero-order valence-corrected chi connectivity index (χ0v) is 11.7. The van der Waals surface area contributed by atoms with Crippen molar-refractivity contribution in [3.63, 3.8) is 0 Å². The van der Waals surface area contributed by atoms with E-state index in [1.165, 1.54) is 0 Å². The van der Waals surface area contributed by atoms with Gasteiger partial charge in [-0.15, -0.1) is 0 Å². The molecular weight excluding hydrogens is 250 g/mol. The quantitative estimate of drug-likeness (QED) is 0.838. The Hall–Kier alpha value is -1.29. The highest BCUT2D eigenvalue weighted by Crippen LogP contribution is 2.37. The molecule has 1 aromatic rings. The van der Waals surface area contributed by atoms with Crippen LogP contribution in [0, 0.1) is 5.92 Å². The molecule has 5 heteroatoms. The predicted molar refractivity (Wildman–Crippen MR) is 73.0 cm³/mol. The number of carbonyl (C=O) groups is 1. The lowest BCUT2D eigenvalue weighted by molar-refractivity contribution is 0.100. The molecule has 1 aromatic heterocycles. The van der Waals surface area contributed by atoms with Gasteiger partial charge in [-0.25, -0.2) is 4.98 Å². The molecule has 1 amide bonds. The van der Waals surface area contributed by atoms with Crippen molar-refractivity contribution in [2.45, 2.75) is 32.7 Å². The molecule has 0 bridgehead atoms. The number of carbonyl (C=O) groups excluding carboxylic acids is 1. The van der Waals surface area contributed by atoms with E-state index in [2.05, 4.69) is 30.7 Å². The Kier molecular flexibility index (Phi) is 3.23. The zero-order valence-electron chi connectivity index (χ0n) is 10.9. The summed E-state index contributed by atoms with van der Waals surface area (Å²) in [5.74, 6) is 0.690. The van der Waals surface area contributed by atoms with E-state index in [4.69, 9.17) is 17.3 Å². The van der Waals surface area contributed by atoms with Gasteiger partial charge < -0.3 is 10.6 Å². The molecule has 18 heavy (non-hydrogen) atoms. The SMILES string of the molecule is CC1CN(c2nc(Cl)ccc2C(N)=O)C(C)(C)C1. The number of nitrogens with zero attached hydrogens (tertiary/aromatic N) is 2. The molecule has 0 aromatic carbocycles. The van der Waals surface area contributed by atoms with Crippen LogP contribution in [0.1, 0.15) is 37.6 Å². The van der Waals surface area contributed by atoms with Crippen molar-refractivity contribution in [2.24, 2.45) is 11.7 Å². The number of primary amides is 1. The molecule has 0 saturated carbocycles. The third-order valence-electron chi connectivity index (χ3n) is 3.44. The van der Waals surface area contributed by atoms with Gasteiger partial charge in [0.1, 0.15) is 11.0 Å². The smallest absolute Gasteiger partial charge is 0.252 e. The van der Waals surface area contributed by atoms with Gasteiger partial charge in [-0.05, 0) is 38.3 Å². The van der Waals surface area contributed by atoms with E-state index >= 15 is 0 Å². The molecule has 1 aliphatic rings. The van der Waals surface area contributed by atoms with Crippen molar-refractivity contribution in [3.05, 3.63) is 22.8 Å². The molecule has 2 N–H and O–H groups in total. The van der Waals surface area contributed by atoms with Crippen LogP contribution in [-0.2, 0) is 0 Å². The van der Waals surface area contributed by atoms with Gasteiger partial charge in [0.05, 0.1) is 5.56 Å². The summed E-state index contributed by atoms with van der Waals surface area (Å²) in [4.78, 5) is 17.9. The summed E-state index contributed by atoms with van der Waals surface area (Å²) in [7, 11) is 0. The van der Waals surface area contributed by atoms with Crippen LogP contribution >= 0.6 is 11.6 Å². The number of hydrogen-bond acceptors (Lipinski definition) is 3. The highest BCUT2D eigenvalue weighted by molar-refractivity contribution is 6.29. The van der Waals surface area contributed by atoms with Crippen LogP contribution in [0.3, 0.4) is 0 Å². The van der Waals surface area contributed by atoms with Crippen molar-refractivity contribution in [1.82, 2.24) is 4.98 Å². The minimum atomic E-state index is -0.468. The average molecular weight is 268 g/mol. The Morgan fingerprint density at radius 2 is 2.22 bits per heavy atom. The van der Waals surface area contributed by atoms with Gasteiger partial charge in [0.2, 0.25) is 0 Å². The molecule has 0 aliphatic carbocycles. The van der Waals surface area contributed by atoms with Crippen LogP contribution in [0.2, 0.25) is 5.15 Å². The number of halogens is 1. The summed E-state index contributed by atoms with van der Waals surface area (Å²) >= 11 is 5.94. The topological polar surface area (TPSA) is 59.2 Å². The van der Waals surface area contributed by atoms with E-state index in [1.54, 1.807) is 12.1 Å². The van der Waals surface area contributed by atoms with E-state index in [9.17, 15) is 4.79 Å². The molecule has 1 atom stereocenters. The maximum atomic E-state index is 11.5. The number of pyridine rings is 1. The maximum Gasteiger partial charge on any atom is 0.252 e. The second-order valence-corrected chi connectivity index (χ2v) is 5.99. The third kappa shape index (κ3) is 2.29. The molecule has 4 nitrogen and oxygen atoms in total. The maximum absolute atomic E-state index is 11.5. The standard InChI is InChI=1S/C13H18ClN3O/c1-8-6-13(2,3)17(7-8)12-9(11(15)18)4-5-10(14)16-12/h4-5,8H,6-7H2,1-3H3,(H2,15,18). The van der Waals surface area contributed by atoms with Gasteiger partial charge in [0, 0.05) is 12.1 Å². The van der Waals surface area contributed by atoms with Gasteiger partial charge in [-0.1, -0.05) is 18.5 Å². The summed E-state index contributed by atoms with van der Waals surface area (Å²) in [5, 5.41) is 0.380. The van der Waals surface area contributed by atoms with Crippen LogP contribution in [0.25, 0.3) is 0 Å². The van der Waals surface area contributed by atoms with Crippen molar-refractivity contribution in [3.8, 4) is 0 Å². The molecular formula is C13H18ClN3O. The Morgan fingerprint density at radius 3 is 2.72 bits per heavy atom. The Labute approximate surface area is 112 Å². The summed E-state index contributed by atoms with van der Waals surface area (Å²) < 4.78 is 0. The van der Waals surface area contributed by atoms with Crippen molar-refractivity contribution >= 4 is 23.3 Å². The lowest BCUT2D eigenvalue weighted by Crippen LogP contribution is -2.40. The van der Waals surface area contributed by atoms with E-state index in [-0.39, 0.29) is 5.54 Å². The first-order valence-corrected chi connectivity index (χ1v) is 6.43. The molecule has 0 radical (unpaired) electrons. The fourth-order valence-electron chi connectivity index (χ4n) is 2.78. The van der Waals surface area contributed by atoms with E-state index < -0.39 is 5.91 Å². The summed E-state index contributed by atoms with van der Waals surface area (Å²) in [6.45, 7) is 7.34. The van der Waals surface area contributed by atoms with E-state index in [1.807, 2.05) is 0 Å². The lowest BCUT2D eigenvalue weighted by atomic mass is 9.97. The van der Waals surface area contributed by atoms with Crippen molar-refractivity contribution in [2.75, 3.05) is 11.4 Å². The summed E-state index contributed by atoms with van der Waals surface area (Å²) in [5.41, 5.74) is 5.80. The predicted octanol–water partition coefficient (Wildman–Crippen LogP) is 2.46. The first-order valence-electron chi connectivity index (χ1n) is 6.05. The molecule has 2 heterocycles. The van der Waals surface area contributed by atoms with Crippen LogP contribution in [0.15, 0.2) is 12.1 Å². The van der Waals surface area contributed by atoms with Crippen LogP contribution in [0.5, 0.6) is 0 Å². The largest absolute Gasteiger partial charge is 0.365 e. The molecule has 0 spiro atoms. The van der Waals surface area contributed by atoms with Crippen molar-refractivity contribution < 1.29 is 4.79 Å². The van der Waals surface area contributed by atoms with E-state index in [0.29, 0.717) is 22.5 Å². The minimum absolute atomic E-state index is 0.0404. The second kappa shape index (κ2) is 4.43. The highest BCUT2D eigenvalue weighted by atomic mass is 35.5. The van der Waals surface area contributed by atoms with Gasteiger partial charge in [0.15, 0.2) is 0 Å². The Balaban J connectivity index is 2.50. The number of nitrogens with two attached hydrogens (primary N) is 1. The van der Waals surface area contributed by atoms with Gasteiger partial charge in [-0.2, -0.15) is 0 Å². The lowest BCUT2D eigenvalue weighted by Gasteiger charge is -2.33. The molecule has 98 valence electrons. The van der Waals surface area contributed by atoms with Crippen LogP contribution < -0.4 is 10.6 Å². The van der Waals surface area contributed by atoms with Gasteiger partial charge in [-0.3, -0.25) is 4.79 Å². The van der Waals surface area contributed by atoms with E-state index in [0.717, 1.165) is 13.0 Å².